The van der Waals surface area contributed by atoms with Crippen LogP contribution in [0.25, 0.3) is 16.8 Å². The van der Waals surface area contributed by atoms with Gasteiger partial charge in [0.1, 0.15) is 0 Å². The lowest BCUT2D eigenvalue weighted by Gasteiger charge is -2.30. The molecule has 29 heavy (non-hydrogen) atoms. The minimum absolute atomic E-state index is 0.0482. The summed E-state index contributed by atoms with van der Waals surface area (Å²) in [6.45, 7) is 1.42. The molecular weight excluding hydrogens is 362 g/mol. The van der Waals surface area contributed by atoms with E-state index in [-0.39, 0.29) is 11.8 Å². The number of hydrogen-bond donors (Lipinski definition) is 0. The first kappa shape index (κ1) is 17.6. The van der Waals surface area contributed by atoms with Crippen LogP contribution in [0.5, 0.6) is 0 Å². The van der Waals surface area contributed by atoms with Crippen molar-refractivity contribution in [1.29, 1.82) is 0 Å². The normalized spacial score (nSPS) is 15.0. The molecule has 0 unspecified atom stereocenters. The molecule has 1 fully saturated rings. The van der Waals surface area contributed by atoms with Gasteiger partial charge in [-0.2, -0.15) is 5.10 Å². The number of pyridine rings is 2. The number of benzene rings is 1. The van der Waals surface area contributed by atoms with Crippen molar-refractivity contribution in [3.8, 4) is 11.1 Å². The van der Waals surface area contributed by atoms with Gasteiger partial charge in [-0.1, -0.05) is 30.3 Å². The van der Waals surface area contributed by atoms with Crippen LogP contribution in [0.15, 0.2) is 73.2 Å². The van der Waals surface area contributed by atoms with Gasteiger partial charge in [-0.15, -0.1) is 0 Å². The molecule has 1 aromatic carbocycles. The summed E-state index contributed by atoms with van der Waals surface area (Å²) in [7, 11) is 0. The van der Waals surface area contributed by atoms with Gasteiger partial charge in [0, 0.05) is 43.2 Å². The zero-order valence-corrected chi connectivity index (χ0v) is 16.0. The number of hydrogen-bond acceptors (Lipinski definition) is 4. The Morgan fingerprint density at radius 3 is 2.52 bits per heavy atom. The summed E-state index contributed by atoms with van der Waals surface area (Å²) in [4.78, 5) is 23.3. The summed E-state index contributed by atoms with van der Waals surface area (Å²) in [5.74, 6) is 1.18. The van der Waals surface area contributed by atoms with Gasteiger partial charge in [0.2, 0.25) is 0 Å². The average molecular weight is 383 g/mol. The predicted molar refractivity (Wildman–Crippen MR) is 111 cm³/mol. The van der Waals surface area contributed by atoms with Crippen molar-refractivity contribution in [2.75, 3.05) is 13.1 Å². The Bertz CT molecular complexity index is 1130. The highest BCUT2D eigenvalue weighted by atomic mass is 16.2. The van der Waals surface area contributed by atoms with E-state index in [1.165, 1.54) is 0 Å². The van der Waals surface area contributed by atoms with Gasteiger partial charge in [-0.05, 0) is 42.7 Å². The van der Waals surface area contributed by atoms with E-state index in [4.69, 9.17) is 10.1 Å². The number of aromatic nitrogens is 4. The van der Waals surface area contributed by atoms with Gasteiger partial charge in [0.25, 0.3) is 5.91 Å². The van der Waals surface area contributed by atoms with E-state index in [0.29, 0.717) is 18.7 Å². The summed E-state index contributed by atoms with van der Waals surface area (Å²) in [5.41, 5.74) is 3.78. The number of likely N-dealkylation sites (tertiary alicyclic amines) is 1. The van der Waals surface area contributed by atoms with E-state index in [2.05, 4.69) is 23.2 Å². The van der Waals surface area contributed by atoms with Gasteiger partial charge < -0.3 is 4.90 Å². The molecule has 0 saturated carbocycles. The largest absolute Gasteiger partial charge is 0.339 e. The molecule has 4 heterocycles. The Balaban J connectivity index is 1.31. The Labute approximate surface area is 168 Å². The summed E-state index contributed by atoms with van der Waals surface area (Å²) < 4.78 is 1.87. The highest BCUT2D eigenvalue weighted by Gasteiger charge is 2.27. The molecule has 0 aliphatic carbocycles. The standard InChI is InChI=1S/C23H21N5O/c29-23(19-7-4-12-24-15-19)27-13-10-18(11-14-27)22-25-21-9-8-20(16-28(21)26-22)17-5-2-1-3-6-17/h1-9,12,15-16,18H,10-11,13-14H2. The van der Waals surface area contributed by atoms with Crippen molar-refractivity contribution in [1.82, 2.24) is 24.5 Å². The molecule has 0 spiro atoms. The number of piperidine rings is 1. The minimum atomic E-state index is 0.0482. The quantitative estimate of drug-likeness (QED) is 0.540. The number of amides is 1. The molecule has 1 aliphatic rings. The Hall–Kier alpha value is -3.54. The lowest BCUT2D eigenvalue weighted by atomic mass is 9.96. The summed E-state index contributed by atoms with van der Waals surface area (Å²) in [6.07, 6.45) is 7.08. The van der Waals surface area contributed by atoms with Crippen LogP contribution in [0.4, 0.5) is 0 Å². The Morgan fingerprint density at radius 1 is 0.931 bits per heavy atom. The second-order valence-corrected chi connectivity index (χ2v) is 7.36. The van der Waals surface area contributed by atoms with Crippen LogP contribution in [0, 0.1) is 0 Å². The van der Waals surface area contributed by atoms with Crippen molar-refractivity contribution in [2.45, 2.75) is 18.8 Å². The van der Waals surface area contributed by atoms with Crippen LogP contribution in [0.2, 0.25) is 0 Å². The lowest BCUT2D eigenvalue weighted by molar-refractivity contribution is 0.0710. The first-order chi connectivity index (χ1) is 14.3. The van der Waals surface area contributed by atoms with E-state index in [1.54, 1.807) is 18.5 Å². The van der Waals surface area contributed by atoms with Crippen LogP contribution in [-0.2, 0) is 0 Å². The third-order valence-corrected chi connectivity index (χ3v) is 5.51. The second kappa shape index (κ2) is 7.47. The van der Waals surface area contributed by atoms with Crippen LogP contribution in [-0.4, -0.2) is 43.5 Å². The fourth-order valence-electron chi connectivity index (χ4n) is 3.89. The van der Waals surface area contributed by atoms with Crippen molar-refractivity contribution in [3.05, 3.63) is 84.6 Å². The topological polar surface area (TPSA) is 63.4 Å². The Morgan fingerprint density at radius 2 is 1.76 bits per heavy atom. The SMILES string of the molecule is O=C(c1cccnc1)N1CCC(c2nc3ccc(-c4ccccc4)cn3n2)CC1. The molecular formula is C23H21N5O. The second-order valence-electron chi connectivity index (χ2n) is 7.36. The van der Waals surface area contributed by atoms with Crippen LogP contribution in [0.1, 0.15) is 34.9 Å². The molecule has 1 aliphatic heterocycles. The van der Waals surface area contributed by atoms with Crippen LogP contribution in [0.3, 0.4) is 0 Å². The minimum Gasteiger partial charge on any atom is -0.339 e. The van der Waals surface area contributed by atoms with E-state index in [0.717, 1.165) is 35.4 Å². The number of rotatable bonds is 3. The number of nitrogens with zero attached hydrogens (tertiary/aromatic N) is 5. The van der Waals surface area contributed by atoms with Gasteiger partial charge in [0.05, 0.1) is 5.56 Å². The number of fused-ring (bicyclic) bond motifs is 1. The van der Waals surface area contributed by atoms with Crippen LogP contribution >= 0.6 is 0 Å². The van der Waals surface area contributed by atoms with Crippen LogP contribution < -0.4 is 0 Å². The van der Waals surface area contributed by atoms with E-state index >= 15 is 0 Å². The molecule has 6 nitrogen and oxygen atoms in total. The predicted octanol–water partition coefficient (Wildman–Crippen LogP) is 3.81. The smallest absolute Gasteiger partial charge is 0.255 e. The van der Waals surface area contributed by atoms with E-state index in [1.807, 2.05) is 45.9 Å². The molecule has 0 radical (unpaired) electrons. The maximum atomic E-state index is 12.6. The molecule has 3 aromatic heterocycles. The van der Waals surface area contributed by atoms with Crippen molar-refractivity contribution < 1.29 is 4.79 Å². The first-order valence-corrected chi connectivity index (χ1v) is 9.89. The van der Waals surface area contributed by atoms with Gasteiger partial charge in [-0.25, -0.2) is 9.50 Å². The Kier molecular flexibility index (Phi) is 4.52. The molecule has 1 saturated heterocycles. The molecule has 1 amide bonds. The van der Waals surface area contributed by atoms with Gasteiger partial charge in [-0.3, -0.25) is 9.78 Å². The fourth-order valence-corrected chi connectivity index (χ4v) is 3.89. The molecule has 6 heteroatoms. The maximum absolute atomic E-state index is 12.6. The molecule has 0 N–H and O–H groups in total. The van der Waals surface area contributed by atoms with Crippen molar-refractivity contribution in [2.24, 2.45) is 0 Å². The monoisotopic (exact) mass is 383 g/mol. The highest BCUT2D eigenvalue weighted by Crippen LogP contribution is 2.27. The summed E-state index contributed by atoms with van der Waals surface area (Å²) >= 11 is 0. The molecule has 5 rings (SSSR count). The molecule has 0 bridgehead atoms. The van der Waals surface area contributed by atoms with E-state index < -0.39 is 0 Å². The average Bonchev–Trinajstić information content (AvgIpc) is 3.23. The number of carbonyl (C=O) groups excluding carboxylic acids is 1. The van der Waals surface area contributed by atoms with Gasteiger partial charge >= 0.3 is 0 Å². The first-order valence-electron chi connectivity index (χ1n) is 9.89. The third-order valence-electron chi connectivity index (χ3n) is 5.51. The zero-order chi connectivity index (χ0) is 19.6. The molecule has 144 valence electrons. The fraction of sp³-hybridized carbons (Fsp3) is 0.217. The zero-order valence-electron chi connectivity index (χ0n) is 16.0. The maximum Gasteiger partial charge on any atom is 0.255 e. The van der Waals surface area contributed by atoms with Gasteiger partial charge in [0.15, 0.2) is 11.5 Å². The lowest BCUT2D eigenvalue weighted by Crippen LogP contribution is -2.38. The summed E-state index contributed by atoms with van der Waals surface area (Å²) in [6, 6.07) is 18.0. The van der Waals surface area contributed by atoms with Crippen molar-refractivity contribution in [3.63, 3.8) is 0 Å². The number of carbonyl (C=O) groups is 1. The van der Waals surface area contributed by atoms with Crippen molar-refractivity contribution >= 4 is 11.6 Å². The molecule has 0 atom stereocenters. The third kappa shape index (κ3) is 3.49. The van der Waals surface area contributed by atoms with E-state index in [9.17, 15) is 4.79 Å². The highest BCUT2D eigenvalue weighted by molar-refractivity contribution is 5.93. The molecule has 4 aromatic rings. The summed E-state index contributed by atoms with van der Waals surface area (Å²) in [5, 5.41) is 4.74.